The fourth-order valence-corrected chi connectivity index (χ4v) is 1.39. The fraction of sp³-hybridized carbons (Fsp3) is 0.250. The third-order valence-corrected chi connectivity index (χ3v) is 2.42. The van der Waals surface area contributed by atoms with Crippen molar-refractivity contribution in [3.8, 4) is 0 Å². The van der Waals surface area contributed by atoms with Crippen molar-refractivity contribution in [2.24, 2.45) is 0 Å². The van der Waals surface area contributed by atoms with E-state index in [1.807, 2.05) is 24.3 Å². The highest BCUT2D eigenvalue weighted by Gasteiger charge is 1.93. The molecule has 0 spiro atoms. The van der Waals surface area contributed by atoms with Crippen LogP contribution >= 0.6 is 15.9 Å². The summed E-state index contributed by atoms with van der Waals surface area (Å²) in [7, 11) is -2.71. The lowest BCUT2D eigenvalue weighted by molar-refractivity contribution is 0.337. The van der Waals surface area contributed by atoms with Gasteiger partial charge in [0, 0.05) is 4.47 Å². The van der Waals surface area contributed by atoms with Crippen LogP contribution in [-0.4, -0.2) is 15.0 Å². The average molecular weight is 265 g/mol. The molecule has 0 fully saturated rings. The minimum atomic E-state index is -2.71. The summed E-state index contributed by atoms with van der Waals surface area (Å²) in [6, 6.07) is 7.66. The first-order valence-corrected chi connectivity index (χ1v) is 5.59. The number of hydrogen-bond acceptors (Lipinski definition) is 3. The van der Waals surface area contributed by atoms with Gasteiger partial charge in [0.1, 0.15) is 0 Å². The number of rotatable bonds is 4. The Hall–Kier alpha value is -0.390. The summed E-state index contributed by atoms with van der Waals surface area (Å²) in [5, 5.41) is 0. The van der Waals surface area contributed by atoms with Gasteiger partial charge in [-0.25, -0.2) is 8.42 Å². The van der Waals surface area contributed by atoms with Gasteiger partial charge in [0.25, 0.3) is 11.0 Å². The Kier molecular flexibility index (Phi) is 4.41. The van der Waals surface area contributed by atoms with Gasteiger partial charge in [-0.15, -0.1) is 0 Å². The molecule has 0 atom stereocenters. The van der Waals surface area contributed by atoms with E-state index in [0.29, 0.717) is 6.42 Å². The van der Waals surface area contributed by atoms with Crippen LogP contribution in [0, 0.1) is 0 Å². The predicted octanol–water partition coefficient (Wildman–Crippen LogP) is 1.53. The van der Waals surface area contributed by atoms with Crippen molar-refractivity contribution in [3.63, 3.8) is 0 Å². The van der Waals surface area contributed by atoms with Crippen LogP contribution in [-0.2, 0) is 21.6 Å². The van der Waals surface area contributed by atoms with Gasteiger partial charge in [-0.05, 0) is 24.1 Å². The van der Waals surface area contributed by atoms with Crippen LogP contribution < -0.4 is 0 Å². The lowest BCUT2D eigenvalue weighted by Gasteiger charge is -1.98. The maximum atomic E-state index is 10.1. The number of thiol groups is 1. The first-order chi connectivity index (χ1) is 6.18. The molecule has 0 aliphatic rings. The second-order valence-electron chi connectivity index (χ2n) is 2.43. The predicted molar refractivity (Wildman–Crippen MR) is 54.1 cm³/mol. The Bertz CT molecular complexity index is 324. The van der Waals surface area contributed by atoms with E-state index < -0.39 is 11.0 Å². The molecule has 5 heteroatoms. The van der Waals surface area contributed by atoms with Gasteiger partial charge in [0.2, 0.25) is 0 Å². The zero-order valence-electron chi connectivity index (χ0n) is 6.77. The molecule has 1 aromatic carbocycles. The molecule has 0 N–H and O–H groups in total. The second kappa shape index (κ2) is 5.36. The van der Waals surface area contributed by atoms with Crippen LogP contribution in [0.3, 0.4) is 0 Å². The monoisotopic (exact) mass is 264 g/mol. The molecule has 0 heterocycles. The van der Waals surface area contributed by atoms with Gasteiger partial charge in [0.05, 0.1) is 6.61 Å². The average Bonchev–Trinajstić information content (AvgIpc) is 2.08. The van der Waals surface area contributed by atoms with Crippen molar-refractivity contribution < 1.29 is 12.6 Å². The summed E-state index contributed by atoms with van der Waals surface area (Å²) < 4.78 is 25.5. The van der Waals surface area contributed by atoms with E-state index in [2.05, 4.69) is 20.1 Å². The molecule has 1 rings (SSSR count). The summed E-state index contributed by atoms with van der Waals surface area (Å²) >= 11 is 3.31. The van der Waals surface area contributed by atoms with Gasteiger partial charge in [-0.1, -0.05) is 28.1 Å². The molecule has 0 bridgehead atoms. The molecular formula is C8H9BrO3S. The summed E-state index contributed by atoms with van der Waals surface area (Å²) in [6.45, 7) is 0.209. The maximum absolute atomic E-state index is 10.1. The maximum Gasteiger partial charge on any atom is 0.257 e. The van der Waals surface area contributed by atoms with Crippen molar-refractivity contribution in [1.29, 1.82) is 0 Å². The second-order valence-corrected chi connectivity index (χ2v) is 4.05. The Morgan fingerprint density at radius 3 is 2.38 bits per heavy atom. The zero-order valence-corrected chi connectivity index (χ0v) is 9.25. The van der Waals surface area contributed by atoms with Crippen molar-refractivity contribution in [2.75, 3.05) is 6.61 Å². The van der Waals surface area contributed by atoms with E-state index in [0.717, 1.165) is 10.0 Å². The van der Waals surface area contributed by atoms with E-state index in [4.69, 9.17) is 0 Å². The van der Waals surface area contributed by atoms with E-state index in [1.165, 1.54) is 0 Å². The lowest BCUT2D eigenvalue weighted by Crippen LogP contribution is -1.96. The molecule has 0 saturated carbocycles. The molecule has 0 aromatic heterocycles. The van der Waals surface area contributed by atoms with Gasteiger partial charge in [-0.2, -0.15) is 0 Å². The SMILES string of the molecule is O=[SH](=O)OCCc1ccc(Br)cc1. The Labute approximate surface area is 87.0 Å². The molecule has 0 aliphatic heterocycles. The van der Waals surface area contributed by atoms with Crippen LogP contribution in [0.25, 0.3) is 0 Å². The largest absolute Gasteiger partial charge is 0.272 e. The molecule has 1 aromatic rings. The highest BCUT2D eigenvalue weighted by molar-refractivity contribution is 9.10. The number of benzene rings is 1. The lowest BCUT2D eigenvalue weighted by atomic mass is 10.2. The molecule has 0 unspecified atom stereocenters. The zero-order chi connectivity index (χ0) is 9.68. The van der Waals surface area contributed by atoms with Crippen molar-refractivity contribution in [1.82, 2.24) is 0 Å². The van der Waals surface area contributed by atoms with Crippen LogP contribution in [0.4, 0.5) is 0 Å². The molecule has 72 valence electrons. The van der Waals surface area contributed by atoms with E-state index in [9.17, 15) is 8.42 Å². The van der Waals surface area contributed by atoms with Crippen LogP contribution in [0.2, 0.25) is 0 Å². The first kappa shape index (κ1) is 10.7. The van der Waals surface area contributed by atoms with Crippen molar-refractivity contribution in [3.05, 3.63) is 34.3 Å². The highest BCUT2D eigenvalue weighted by atomic mass is 79.9. The summed E-state index contributed by atoms with van der Waals surface area (Å²) in [6.07, 6.45) is 0.608. The smallest absolute Gasteiger partial charge is 0.257 e. The molecule has 13 heavy (non-hydrogen) atoms. The quantitative estimate of drug-likeness (QED) is 0.840. The van der Waals surface area contributed by atoms with Gasteiger partial charge < -0.3 is 0 Å². The van der Waals surface area contributed by atoms with Crippen LogP contribution in [0.5, 0.6) is 0 Å². The summed E-state index contributed by atoms with van der Waals surface area (Å²) in [5.74, 6) is 0. The van der Waals surface area contributed by atoms with Crippen molar-refractivity contribution in [2.45, 2.75) is 6.42 Å². The van der Waals surface area contributed by atoms with Gasteiger partial charge in [0.15, 0.2) is 0 Å². The summed E-state index contributed by atoms with van der Waals surface area (Å²) in [5.41, 5.74) is 1.06. The van der Waals surface area contributed by atoms with E-state index >= 15 is 0 Å². The first-order valence-electron chi connectivity index (χ1n) is 3.70. The third kappa shape index (κ3) is 4.40. The topological polar surface area (TPSA) is 43.4 Å². The van der Waals surface area contributed by atoms with Crippen LogP contribution in [0.15, 0.2) is 28.7 Å². The fourth-order valence-electron chi connectivity index (χ4n) is 0.889. The minimum absolute atomic E-state index is 0.209. The van der Waals surface area contributed by atoms with Gasteiger partial charge in [-0.3, -0.25) is 4.18 Å². The molecular weight excluding hydrogens is 256 g/mol. The van der Waals surface area contributed by atoms with Crippen LogP contribution in [0.1, 0.15) is 5.56 Å². The molecule has 0 amide bonds. The number of hydrogen-bond donors (Lipinski definition) is 1. The normalized spacial score (nSPS) is 10.6. The van der Waals surface area contributed by atoms with Gasteiger partial charge >= 0.3 is 0 Å². The third-order valence-electron chi connectivity index (χ3n) is 1.50. The highest BCUT2D eigenvalue weighted by Crippen LogP contribution is 2.10. The minimum Gasteiger partial charge on any atom is -0.272 e. The summed E-state index contributed by atoms with van der Waals surface area (Å²) in [4.78, 5) is 0. The van der Waals surface area contributed by atoms with E-state index in [1.54, 1.807) is 0 Å². The molecule has 3 nitrogen and oxygen atoms in total. The standard InChI is InChI=1S/C8H9BrO3S/c9-8-3-1-7(2-4-8)5-6-12-13(10)11/h1-4,13H,5-6H2. The molecule has 0 aliphatic carbocycles. The Morgan fingerprint density at radius 1 is 1.23 bits per heavy atom. The van der Waals surface area contributed by atoms with E-state index in [-0.39, 0.29) is 6.61 Å². The Balaban J connectivity index is 2.41. The van der Waals surface area contributed by atoms with Crippen molar-refractivity contribution >= 4 is 26.9 Å². The molecule has 0 saturated heterocycles. The molecule has 0 radical (unpaired) electrons. The number of halogens is 1. The Morgan fingerprint density at radius 2 is 1.85 bits per heavy atom.